The number of ether oxygens (including phenoxy) is 1. The highest BCUT2D eigenvalue weighted by Gasteiger charge is 2.22. The molecular formula is C9H8F2N2O5. The number of rotatable bonds is 4. The normalized spacial score (nSPS) is 9.94. The van der Waals surface area contributed by atoms with E-state index in [1.165, 1.54) is 0 Å². The van der Waals surface area contributed by atoms with E-state index in [2.05, 4.69) is 4.74 Å². The third-order valence-electron chi connectivity index (χ3n) is 1.78. The fraction of sp³-hybridized carbons (Fsp3) is 0.222. The summed E-state index contributed by atoms with van der Waals surface area (Å²) >= 11 is 0. The van der Waals surface area contributed by atoms with Crippen molar-refractivity contribution in [3.8, 4) is 0 Å². The predicted molar refractivity (Wildman–Crippen MR) is 55.1 cm³/mol. The van der Waals surface area contributed by atoms with Crippen LogP contribution in [0.25, 0.3) is 0 Å². The van der Waals surface area contributed by atoms with Crippen molar-refractivity contribution in [1.82, 2.24) is 0 Å². The smallest absolute Gasteiger partial charge is 0.411 e. The van der Waals surface area contributed by atoms with Gasteiger partial charge in [-0.05, 0) is 0 Å². The van der Waals surface area contributed by atoms with Crippen molar-refractivity contribution < 1.29 is 28.3 Å². The van der Waals surface area contributed by atoms with Gasteiger partial charge in [0.1, 0.15) is 12.4 Å². The zero-order valence-electron chi connectivity index (χ0n) is 8.85. The number of aliphatic hydroxyl groups is 1. The molecule has 2 N–H and O–H groups in total. The largest absolute Gasteiger partial charge is 0.447 e. The van der Waals surface area contributed by atoms with Gasteiger partial charge in [0.05, 0.1) is 17.6 Å². The molecule has 0 bridgehead atoms. The summed E-state index contributed by atoms with van der Waals surface area (Å²) in [6.07, 6.45) is -1.20. The first-order chi connectivity index (χ1) is 8.45. The lowest BCUT2D eigenvalue weighted by Gasteiger charge is -2.07. The summed E-state index contributed by atoms with van der Waals surface area (Å²) < 4.78 is 30.4. The first-order valence-electron chi connectivity index (χ1n) is 4.63. The minimum atomic E-state index is -1.30. The molecule has 0 radical (unpaired) electrons. The Balaban J connectivity index is 3.00. The van der Waals surface area contributed by atoms with Crippen LogP contribution in [-0.2, 0) is 4.74 Å². The van der Waals surface area contributed by atoms with E-state index in [4.69, 9.17) is 5.11 Å². The van der Waals surface area contributed by atoms with Crippen molar-refractivity contribution in [2.24, 2.45) is 0 Å². The maximum Gasteiger partial charge on any atom is 0.411 e. The summed E-state index contributed by atoms with van der Waals surface area (Å²) in [6.45, 7) is -0.816. The van der Waals surface area contributed by atoms with E-state index in [-0.39, 0.29) is 6.61 Å². The Bertz CT molecular complexity index is 480. The highest BCUT2D eigenvalue weighted by Crippen LogP contribution is 2.28. The lowest BCUT2D eigenvalue weighted by molar-refractivity contribution is -0.384. The molecule has 0 aromatic heterocycles. The summed E-state index contributed by atoms with van der Waals surface area (Å²) in [6, 6.07) is 0.847. The number of carbonyl (C=O) groups is 1. The molecule has 18 heavy (non-hydrogen) atoms. The van der Waals surface area contributed by atoms with Gasteiger partial charge in [-0.2, -0.15) is 0 Å². The number of benzene rings is 1. The van der Waals surface area contributed by atoms with Crippen molar-refractivity contribution in [2.75, 3.05) is 18.5 Å². The Kier molecular flexibility index (Phi) is 4.49. The van der Waals surface area contributed by atoms with Gasteiger partial charge < -0.3 is 9.84 Å². The van der Waals surface area contributed by atoms with E-state index in [9.17, 15) is 23.7 Å². The molecule has 0 spiro atoms. The molecule has 0 atom stereocenters. The molecule has 0 aliphatic carbocycles. The highest BCUT2D eigenvalue weighted by molar-refractivity contribution is 5.88. The van der Waals surface area contributed by atoms with Gasteiger partial charge in [-0.25, -0.2) is 13.6 Å². The Hall–Kier alpha value is -2.29. The van der Waals surface area contributed by atoms with Crippen LogP contribution in [0.2, 0.25) is 0 Å². The van der Waals surface area contributed by atoms with Gasteiger partial charge in [-0.3, -0.25) is 15.4 Å². The van der Waals surface area contributed by atoms with Crippen molar-refractivity contribution in [3.63, 3.8) is 0 Å². The van der Waals surface area contributed by atoms with Crippen LogP contribution in [-0.4, -0.2) is 29.3 Å². The highest BCUT2D eigenvalue weighted by atomic mass is 19.1. The van der Waals surface area contributed by atoms with Gasteiger partial charge in [-0.15, -0.1) is 0 Å². The van der Waals surface area contributed by atoms with Crippen molar-refractivity contribution in [3.05, 3.63) is 33.9 Å². The topological polar surface area (TPSA) is 102 Å². The molecule has 0 saturated heterocycles. The Morgan fingerprint density at radius 1 is 1.50 bits per heavy atom. The zero-order chi connectivity index (χ0) is 13.7. The average Bonchev–Trinajstić information content (AvgIpc) is 2.29. The Morgan fingerprint density at radius 2 is 2.17 bits per heavy atom. The number of amides is 1. The minimum absolute atomic E-state index is 0.359. The lowest BCUT2D eigenvalue weighted by Crippen LogP contribution is -2.17. The van der Waals surface area contributed by atoms with E-state index in [1.807, 2.05) is 0 Å². The van der Waals surface area contributed by atoms with Crippen LogP contribution < -0.4 is 5.32 Å². The fourth-order valence-electron chi connectivity index (χ4n) is 1.10. The summed E-state index contributed by atoms with van der Waals surface area (Å²) in [5, 5.41) is 20.7. The van der Waals surface area contributed by atoms with Crippen LogP contribution in [0.4, 0.5) is 25.0 Å². The maximum atomic E-state index is 13.3. The number of anilines is 1. The van der Waals surface area contributed by atoms with Crippen molar-refractivity contribution >= 4 is 17.5 Å². The summed E-state index contributed by atoms with van der Waals surface area (Å²) in [7, 11) is 0. The van der Waals surface area contributed by atoms with Crippen LogP contribution in [0.15, 0.2) is 12.1 Å². The number of nitrogens with one attached hydrogen (secondary N) is 1. The first-order valence-corrected chi connectivity index (χ1v) is 4.63. The molecule has 1 amide bonds. The number of nitro benzene ring substituents is 1. The SMILES string of the molecule is O=C(Nc1c(F)cc(F)cc1[N+](=O)[O-])OCCO. The second-order valence-electron chi connectivity index (χ2n) is 3.02. The van der Waals surface area contributed by atoms with E-state index >= 15 is 0 Å². The number of aliphatic hydroxyl groups excluding tert-OH is 1. The molecule has 0 heterocycles. The molecule has 0 unspecified atom stereocenters. The molecule has 7 nitrogen and oxygen atoms in total. The minimum Gasteiger partial charge on any atom is -0.447 e. The zero-order valence-corrected chi connectivity index (χ0v) is 8.85. The van der Waals surface area contributed by atoms with E-state index in [0.29, 0.717) is 12.1 Å². The number of hydrogen-bond acceptors (Lipinski definition) is 5. The van der Waals surface area contributed by atoms with Gasteiger partial charge >= 0.3 is 6.09 Å². The van der Waals surface area contributed by atoms with E-state index in [0.717, 1.165) is 0 Å². The number of nitro groups is 1. The summed E-state index contributed by atoms with van der Waals surface area (Å²) in [5.74, 6) is -2.45. The first kappa shape index (κ1) is 13.8. The van der Waals surface area contributed by atoms with Crippen LogP contribution in [0.1, 0.15) is 0 Å². The van der Waals surface area contributed by atoms with Gasteiger partial charge in [0.2, 0.25) is 0 Å². The standard InChI is InChI=1S/C9H8F2N2O5/c10-5-3-6(11)8(7(4-5)13(16)17)12-9(15)18-2-1-14/h3-4,14H,1-2H2,(H,12,15). The second-order valence-corrected chi connectivity index (χ2v) is 3.02. The molecule has 1 aromatic rings. The van der Waals surface area contributed by atoms with Crippen LogP contribution in [0.5, 0.6) is 0 Å². The van der Waals surface area contributed by atoms with E-state index in [1.54, 1.807) is 5.32 Å². The van der Waals surface area contributed by atoms with Crippen LogP contribution in [0.3, 0.4) is 0 Å². The molecule has 9 heteroatoms. The summed E-state index contributed by atoms with van der Waals surface area (Å²) in [5.41, 5.74) is -1.74. The maximum absolute atomic E-state index is 13.3. The van der Waals surface area contributed by atoms with Crippen LogP contribution >= 0.6 is 0 Å². The number of nitrogens with zero attached hydrogens (tertiary/aromatic N) is 1. The molecule has 1 rings (SSSR count). The van der Waals surface area contributed by atoms with Crippen LogP contribution in [0, 0.1) is 21.7 Å². The number of carbonyl (C=O) groups excluding carboxylic acids is 1. The predicted octanol–water partition coefficient (Wildman–Crippen LogP) is 1.41. The average molecular weight is 262 g/mol. The quantitative estimate of drug-likeness (QED) is 0.631. The van der Waals surface area contributed by atoms with Gasteiger partial charge in [0.25, 0.3) is 5.69 Å². The Morgan fingerprint density at radius 3 is 2.72 bits per heavy atom. The molecule has 0 fully saturated rings. The molecular weight excluding hydrogens is 254 g/mol. The third-order valence-corrected chi connectivity index (χ3v) is 1.78. The van der Waals surface area contributed by atoms with Gasteiger partial charge in [-0.1, -0.05) is 0 Å². The summed E-state index contributed by atoms with van der Waals surface area (Å²) in [4.78, 5) is 20.6. The lowest BCUT2D eigenvalue weighted by atomic mass is 10.2. The van der Waals surface area contributed by atoms with Gasteiger partial charge in [0, 0.05) is 6.07 Å². The monoisotopic (exact) mass is 262 g/mol. The van der Waals surface area contributed by atoms with Crippen molar-refractivity contribution in [2.45, 2.75) is 0 Å². The van der Waals surface area contributed by atoms with Gasteiger partial charge in [0.15, 0.2) is 11.5 Å². The molecule has 0 saturated carbocycles. The Labute approximate surface area is 99.1 Å². The number of hydrogen-bond donors (Lipinski definition) is 2. The molecule has 0 aliphatic heterocycles. The second kappa shape index (κ2) is 5.87. The molecule has 98 valence electrons. The molecule has 1 aromatic carbocycles. The van der Waals surface area contributed by atoms with Crippen molar-refractivity contribution in [1.29, 1.82) is 0 Å². The van der Waals surface area contributed by atoms with E-state index < -0.39 is 40.6 Å². The number of halogens is 2. The fourth-order valence-corrected chi connectivity index (χ4v) is 1.10. The molecule has 0 aliphatic rings. The third kappa shape index (κ3) is 3.35.